The van der Waals surface area contributed by atoms with Crippen LogP contribution in [0.1, 0.15) is 35.2 Å². The van der Waals surface area contributed by atoms with E-state index in [2.05, 4.69) is 15.2 Å². The van der Waals surface area contributed by atoms with Crippen LogP contribution in [0.15, 0.2) is 45.1 Å². The highest BCUT2D eigenvalue weighted by Crippen LogP contribution is 2.31. The molecule has 0 bridgehead atoms. The van der Waals surface area contributed by atoms with Crippen LogP contribution >= 0.6 is 11.3 Å². The molecule has 0 aliphatic heterocycles. The Morgan fingerprint density at radius 3 is 2.47 bits per heavy atom. The zero-order valence-electron chi connectivity index (χ0n) is 16.9. The number of carbonyl (C=O) groups excluding carboxylic acids is 1. The fourth-order valence-electron chi connectivity index (χ4n) is 2.54. The van der Waals surface area contributed by atoms with Crippen molar-refractivity contribution in [3.8, 4) is 0 Å². The molecule has 0 radical (unpaired) electrons. The average molecular weight is 486 g/mol. The van der Waals surface area contributed by atoms with Crippen LogP contribution < -0.4 is 10.0 Å². The van der Waals surface area contributed by atoms with Gasteiger partial charge in [0, 0.05) is 17.0 Å². The maximum atomic E-state index is 12.7. The molecule has 2 heterocycles. The third-order valence-corrected chi connectivity index (χ3v) is 7.13. The minimum absolute atomic E-state index is 0.0111. The van der Waals surface area contributed by atoms with E-state index >= 15 is 0 Å². The number of carbonyl (C=O) groups is 1. The standard InChI is InChI=1S/C20H18F3N3O4S2/c1-3-17(27)24-19-12(2)25-30-16(19)10-8-15-9-11-18(31-15)32(28,29)26-14-6-4-13(5-7-14)20(21,22)23/h4-11,26H,3H2,1-2H3,(H,24,27). The quantitative estimate of drug-likeness (QED) is 0.468. The van der Waals surface area contributed by atoms with E-state index < -0.39 is 21.8 Å². The number of aromatic nitrogens is 1. The number of nitrogens with zero attached hydrogens (tertiary/aromatic N) is 1. The van der Waals surface area contributed by atoms with Crippen molar-refractivity contribution < 1.29 is 30.9 Å². The van der Waals surface area contributed by atoms with Gasteiger partial charge < -0.3 is 9.84 Å². The van der Waals surface area contributed by atoms with E-state index in [0.717, 1.165) is 35.6 Å². The summed E-state index contributed by atoms with van der Waals surface area (Å²) in [5.41, 5.74) is 0.0705. The van der Waals surface area contributed by atoms with Crippen molar-refractivity contribution in [3.63, 3.8) is 0 Å². The molecule has 1 amide bonds. The predicted molar refractivity (Wildman–Crippen MR) is 116 cm³/mol. The number of hydrogen-bond donors (Lipinski definition) is 2. The molecule has 0 spiro atoms. The van der Waals surface area contributed by atoms with E-state index in [-0.39, 0.29) is 22.2 Å². The van der Waals surface area contributed by atoms with Crippen molar-refractivity contribution in [3.05, 3.63) is 58.3 Å². The summed E-state index contributed by atoms with van der Waals surface area (Å²) < 4.78 is 70.5. The van der Waals surface area contributed by atoms with Crippen LogP contribution in [-0.4, -0.2) is 19.5 Å². The lowest BCUT2D eigenvalue weighted by atomic mass is 10.2. The summed E-state index contributed by atoms with van der Waals surface area (Å²) in [6, 6.07) is 6.64. The molecule has 2 aromatic heterocycles. The summed E-state index contributed by atoms with van der Waals surface area (Å²) in [5, 5.41) is 6.51. The van der Waals surface area contributed by atoms with Crippen LogP contribution in [0.2, 0.25) is 0 Å². The van der Waals surface area contributed by atoms with E-state index in [1.54, 1.807) is 32.1 Å². The minimum Gasteiger partial charge on any atom is -0.354 e. The van der Waals surface area contributed by atoms with Crippen molar-refractivity contribution in [1.82, 2.24) is 5.16 Å². The lowest BCUT2D eigenvalue weighted by Crippen LogP contribution is -2.12. The number of hydrogen-bond acceptors (Lipinski definition) is 6. The molecular weight excluding hydrogens is 467 g/mol. The highest BCUT2D eigenvalue weighted by molar-refractivity contribution is 7.94. The number of benzene rings is 1. The van der Waals surface area contributed by atoms with E-state index in [1.807, 2.05) is 0 Å². The minimum atomic E-state index is -4.51. The summed E-state index contributed by atoms with van der Waals surface area (Å²) in [6.45, 7) is 3.38. The van der Waals surface area contributed by atoms with Gasteiger partial charge in [0.1, 0.15) is 15.6 Å². The monoisotopic (exact) mass is 485 g/mol. The molecule has 32 heavy (non-hydrogen) atoms. The first-order valence-corrected chi connectivity index (χ1v) is 11.5. The van der Waals surface area contributed by atoms with Crippen LogP contribution in [0.25, 0.3) is 12.2 Å². The third kappa shape index (κ3) is 5.56. The summed E-state index contributed by atoms with van der Waals surface area (Å²) in [7, 11) is -3.99. The Kier molecular flexibility index (Phi) is 6.74. The molecule has 2 N–H and O–H groups in total. The fraction of sp³-hybridized carbons (Fsp3) is 0.200. The summed E-state index contributed by atoms with van der Waals surface area (Å²) in [5.74, 6) is 0.106. The van der Waals surface area contributed by atoms with Gasteiger partial charge in [0.2, 0.25) is 5.91 Å². The maximum absolute atomic E-state index is 12.7. The van der Waals surface area contributed by atoms with Gasteiger partial charge in [0.15, 0.2) is 5.76 Å². The molecule has 0 atom stereocenters. The number of alkyl halides is 3. The van der Waals surface area contributed by atoms with Gasteiger partial charge in [-0.15, -0.1) is 11.3 Å². The number of aryl methyl sites for hydroxylation is 1. The molecule has 0 saturated carbocycles. The number of anilines is 2. The van der Waals surface area contributed by atoms with Gasteiger partial charge in [0.05, 0.1) is 5.56 Å². The van der Waals surface area contributed by atoms with E-state index in [9.17, 15) is 26.4 Å². The number of thiophene rings is 1. The zero-order valence-corrected chi connectivity index (χ0v) is 18.5. The Bertz CT molecular complexity index is 1240. The van der Waals surface area contributed by atoms with E-state index in [4.69, 9.17) is 4.52 Å². The normalized spacial score (nSPS) is 12.3. The van der Waals surface area contributed by atoms with Crippen molar-refractivity contribution in [2.45, 2.75) is 30.7 Å². The van der Waals surface area contributed by atoms with Crippen molar-refractivity contribution >= 4 is 50.8 Å². The van der Waals surface area contributed by atoms with Gasteiger partial charge in [0.25, 0.3) is 10.0 Å². The largest absolute Gasteiger partial charge is 0.416 e. The Labute approximate surface area is 186 Å². The van der Waals surface area contributed by atoms with E-state index in [0.29, 0.717) is 22.0 Å². The average Bonchev–Trinajstić information content (AvgIpc) is 3.34. The molecule has 7 nitrogen and oxygen atoms in total. The number of amides is 1. The zero-order chi connectivity index (χ0) is 23.5. The SMILES string of the molecule is CCC(=O)Nc1c(C)noc1C=Cc1ccc(S(=O)(=O)Nc2ccc(C(F)(F)F)cc2)s1. The molecule has 0 unspecified atom stereocenters. The van der Waals surface area contributed by atoms with Gasteiger partial charge in [-0.3, -0.25) is 9.52 Å². The van der Waals surface area contributed by atoms with Gasteiger partial charge in [-0.05, 0) is 55.5 Å². The number of sulfonamides is 1. The van der Waals surface area contributed by atoms with Crippen LogP contribution in [0, 0.1) is 6.92 Å². The lowest BCUT2D eigenvalue weighted by Gasteiger charge is -2.09. The lowest BCUT2D eigenvalue weighted by molar-refractivity contribution is -0.137. The number of nitrogens with one attached hydrogen (secondary N) is 2. The van der Waals surface area contributed by atoms with Crippen molar-refractivity contribution in [2.24, 2.45) is 0 Å². The Balaban J connectivity index is 1.75. The maximum Gasteiger partial charge on any atom is 0.416 e. The van der Waals surface area contributed by atoms with Gasteiger partial charge in [-0.2, -0.15) is 13.2 Å². The molecule has 0 aliphatic carbocycles. The van der Waals surface area contributed by atoms with Crippen LogP contribution in [0.4, 0.5) is 24.5 Å². The van der Waals surface area contributed by atoms with Crippen molar-refractivity contribution in [2.75, 3.05) is 10.0 Å². The second kappa shape index (κ2) is 9.17. The van der Waals surface area contributed by atoms with E-state index in [1.165, 1.54) is 6.07 Å². The van der Waals surface area contributed by atoms with Crippen LogP contribution in [0.3, 0.4) is 0 Å². The summed E-state index contributed by atoms with van der Waals surface area (Å²) >= 11 is 0.950. The fourth-order valence-corrected chi connectivity index (χ4v) is 4.83. The summed E-state index contributed by atoms with van der Waals surface area (Å²) in [6.07, 6.45) is -1.07. The second-order valence-corrected chi connectivity index (χ2v) is 9.60. The molecule has 3 rings (SSSR count). The Morgan fingerprint density at radius 2 is 1.84 bits per heavy atom. The predicted octanol–water partition coefficient (Wildman–Crippen LogP) is 5.38. The Morgan fingerprint density at radius 1 is 1.16 bits per heavy atom. The van der Waals surface area contributed by atoms with Gasteiger partial charge in [-0.1, -0.05) is 12.1 Å². The molecule has 3 aromatic rings. The first-order chi connectivity index (χ1) is 15.0. The molecule has 1 aromatic carbocycles. The number of halogens is 3. The number of rotatable bonds is 7. The second-order valence-electron chi connectivity index (χ2n) is 6.58. The first-order valence-electron chi connectivity index (χ1n) is 9.23. The summed E-state index contributed by atoms with van der Waals surface area (Å²) in [4.78, 5) is 12.2. The molecular formula is C20H18F3N3O4S2. The highest BCUT2D eigenvalue weighted by Gasteiger charge is 2.30. The topological polar surface area (TPSA) is 101 Å². The molecule has 0 fully saturated rings. The molecule has 0 aliphatic rings. The highest BCUT2D eigenvalue weighted by atomic mass is 32.2. The van der Waals surface area contributed by atoms with Crippen LogP contribution in [0.5, 0.6) is 0 Å². The first kappa shape index (κ1) is 23.5. The molecule has 12 heteroatoms. The third-order valence-electron chi connectivity index (χ3n) is 4.21. The molecule has 0 saturated heterocycles. The van der Waals surface area contributed by atoms with Gasteiger partial charge >= 0.3 is 6.18 Å². The van der Waals surface area contributed by atoms with Crippen LogP contribution in [-0.2, 0) is 21.0 Å². The molecule has 170 valence electrons. The Hall–Kier alpha value is -3.12. The smallest absolute Gasteiger partial charge is 0.354 e. The van der Waals surface area contributed by atoms with Crippen molar-refractivity contribution in [1.29, 1.82) is 0 Å². The van der Waals surface area contributed by atoms with Gasteiger partial charge in [-0.25, -0.2) is 8.42 Å².